The highest BCUT2D eigenvalue weighted by Crippen LogP contribution is 2.32. The van der Waals surface area contributed by atoms with Gasteiger partial charge in [0.15, 0.2) is 18.1 Å². The number of hydrazone groups is 1. The van der Waals surface area contributed by atoms with Crippen molar-refractivity contribution in [2.24, 2.45) is 5.10 Å². The van der Waals surface area contributed by atoms with E-state index >= 15 is 0 Å². The van der Waals surface area contributed by atoms with Crippen LogP contribution in [0.2, 0.25) is 0 Å². The Hall–Kier alpha value is -3.32. The number of aryl methyl sites for hydroxylation is 1. The maximum atomic E-state index is 12.2. The first kappa shape index (κ1) is 25.3. The predicted molar refractivity (Wildman–Crippen MR) is 138 cm³/mol. The van der Waals surface area contributed by atoms with Gasteiger partial charge in [-0.15, -0.1) is 0 Å². The van der Waals surface area contributed by atoms with E-state index in [1.54, 1.807) is 19.4 Å². The van der Waals surface area contributed by atoms with Crippen molar-refractivity contribution in [3.63, 3.8) is 0 Å². The lowest BCUT2D eigenvalue weighted by atomic mass is 10.0. The van der Waals surface area contributed by atoms with Gasteiger partial charge in [-0.3, -0.25) is 4.79 Å². The molecule has 0 aliphatic heterocycles. The quantitative estimate of drug-likeness (QED) is 0.261. The summed E-state index contributed by atoms with van der Waals surface area (Å²) in [7, 11) is 1.58. The first-order valence-electron chi connectivity index (χ1n) is 11.0. The molecule has 3 aromatic carbocycles. The molecule has 0 spiro atoms. The average Bonchev–Trinajstić information content (AvgIpc) is 2.84. The van der Waals surface area contributed by atoms with Crippen molar-refractivity contribution in [1.82, 2.24) is 5.43 Å². The van der Waals surface area contributed by atoms with Crippen molar-refractivity contribution in [3.05, 3.63) is 87.4 Å². The molecule has 0 atom stereocenters. The predicted octanol–water partition coefficient (Wildman–Crippen LogP) is 6.00. The molecule has 7 heteroatoms. The van der Waals surface area contributed by atoms with Crippen LogP contribution >= 0.6 is 15.9 Å². The molecule has 0 saturated heterocycles. The summed E-state index contributed by atoms with van der Waals surface area (Å²) in [5, 5.41) is 4.03. The molecule has 0 aliphatic carbocycles. The second-order valence-corrected chi connectivity index (χ2v) is 8.91. The summed E-state index contributed by atoms with van der Waals surface area (Å²) < 4.78 is 18.1. The molecule has 0 aliphatic rings. The molecule has 3 aromatic rings. The van der Waals surface area contributed by atoms with E-state index in [0.29, 0.717) is 23.9 Å². The Bertz CT molecular complexity index is 1150. The lowest BCUT2D eigenvalue weighted by Crippen LogP contribution is -2.25. The first-order chi connectivity index (χ1) is 16.4. The molecule has 0 bridgehead atoms. The largest absolute Gasteiger partial charge is 0.493 e. The second kappa shape index (κ2) is 12.2. The minimum Gasteiger partial charge on any atom is -0.493 e. The van der Waals surface area contributed by atoms with Crippen LogP contribution in [0, 0.1) is 6.92 Å². The molecule has 3 rings (SSSR count). The lowest BCUT2D eigenvalue weighted by molar-refractivity contribution is -0.123. The Morgan fingerprint density at radius 1 is 1.03 bits per heavy atom. The van der Waals surface area contributed by atoms with Gasteiger partial charge < -0.3 is 14.2 Å². The number of methoxy groups -OCH3 is 1. The molecule has 0 heterocycles. The molecule has 0 aromatic heterocycles. The number of amides is 1. The number of carbonyl (C=O) groups excluding carboxylic acids is 1. The van der Waals surface area contributed by atoms with Gasteiger partial charge >= 0.3 is 0 Å². The molecule has 0 fully saturated rings. The van der Waals surface area contributed by atoms with Gasteiger partial charge in [0.05, 0.1) is 13.3 Å². The Balaban J connectivity index is 1.55. The molecule has 1 N–H and O–H groups in total. The van der Waals surface area contributed by atoms with E-state index in [0.717, 1.165) is 26.7 Å². The van der Waals surface area contributed by atoms with Crippen molar-refractivity contribution in [2.45, 2.75) is 33.3 Å². The highest BCUT2D eigenvalue weighted by Gasteiger charge is 2.12. The van der Waals surface area contributed by atoms with Gasteiger partial charge in [0.2, 0.25) is 0 Å². The number of hydrogen-bond donors (Lipinski definition) is 1. The van der Waals surface area contributed by atoms with Crippen LogP contribution in [0.3, 0.4) is 0 Å². The van der Waals surface area contributed by atoms with Gasteiger partial charge in [-0.25, -0.2) is 5.43 Å². The van der Waals surface area contributed by atoms with Crippen LogP contribution in [0.4, 0.5) is 0 Å². The lowest BCUT2D eigenvalue weighted by Gasteiger charge is -2.15. The van der Waals surface area contributed by atoms with Crippen LogP contribution in [-0.2, 0) is 11.4 Å². The minimum atomic E-state index is -0.346. The standard InChI is InChI=1S/C27H29BrN2O4/c1-18(2)22-14-23(28)19(3)12-25(22)34-17-27(31)30-29-15-21-10-11-24(26(13-21)32-4)33-16-20-8-6-5-7-9-20/h5-15,18H,16-17H2,1-4H3,(H,30,31)/b29-15+. The van der Waals surface area contributed by atoms with Crippen LogP contribution in [0.5, 0.6) is 17.2 Å². The fraction of sp³-hybridized carbons (Fsp3) is 0.259. The van der Waals surface area contributed by atoms with Crippen LogP contribution in [0.15, 0.2) is 70.2 Å². The van der Waals surface area contributed by atoms with Gasteiger partial charge in [0, 0.05) is 4.47 Å². The summed E-state index contributed by atoms with van der Waals surface area (Å²) in [5.41, 5.74) is 6.41. The van der Waals surface area contributed by atoms with Gasteiger partial charge in [0.25, 0.3) is 5.91 Å². The monoisotopic (exact) mass is 524 g/mol. The molecule has 0 unspecified atom stereocenters. The zero-order chi connectivity index (χ0) is 24.5. The highest BCUT2D eigenvalue weighted by molar-refractivity contribution is 9.10. The summed E-state index contributed by atoms with van der Waals surface area (Å²) in [6.45, 7) is 6.46. The highest BCUT2D eigenvalue weighted by atomic mass is 79.9. The van der Waals surface area contributed by atoms with E-state index in [1.165, 1.54) is 0 Å². The molecule has 178 valence electrons. The molecule has 6 nitrogen and oxygen atoms in total. The molecule has 1 amide bonds. The normalized spacial score (nSPS) is 11.0. The second-order valence-electron chi connectivity index (χ2n) is 8.06. The van der Waals surface area contributed by atoms with Crippen LogP contribution in [0.1, 0.15) is 42.0 Å². The summed E-state index contributed by atoms with van der Waals surface area (Å²) >= 11 is 3.55. The molecule has 0 radical (unpaired) electrons. The summed E-state index contributed by atoms with van der Waals surface area (Å²) in [5.74, 6) is 1.84. The SMILES string of the molecule is COc1cc(/C=N/NC(=O)COc2cc(C)c(Br)cc2C(C)C)ccc1OCc1ccccc1. The number of rotatable bonds is 10. The Morgan fingerprint density at radius 3 is 2.50 bits per heavy atom. The number of carbonyl (C=O) groups is 1. The maximum absolute atomic E-state index is 12.2. The Kier molecular flexibility index (Phi) is 9.10. The van der Waals surface area contributed by atoms with E-state index in [-0.39, 0.29) is 18.4 Å². The van der Waals surface area contributed by atoms with Crippen molar-refractivity contribution < 1.29 is 19.0 Å². The van der Waals surface area contributed by atoms with Gasteiger partial charge in [-0.1, -0.05) is 60.1 Å². The van der Waals surface area contributed by atoms with Crippen molar-refractivity contribution in [3.8, 4) is 17.2 Å². The number of nitrogens with zero attached hydrogens (tertiary/aromatic N) is 1. The van der Waals surface area contributed by atoms with Gasteiger partial charge in [-0.2, -0.15) is 5.10 Å². The topological polar surface area (TPSA) is 69.2 Å². The fourth-order valence-electron chi connectivity index (χ4n) is 3.22. The van der Waals surface area contributed by atoms with Crippen LogP contribution in [0.25, 0.3) is 0 Å². The third-order valence-electron chi connectivity index (χ3n) is 5.10. The Labute approximate surface area is 209 Å². The smallest absolute Gasteiger partial charge is 0.277 e. The zero-order valence-electron chi connectivity index (χ0n) is 19.8. The Morgan fingerprint density at radius 2 is 1.79 bits per heavy atom. The van der Waals surface area contributed by atoms with Gasteiger partial charge in [0.1, 0.15) is 12.4 Å². The minimum absolute atomic E-state index is 0.131. The van der Waals surface area contributed by atoms with Crippen LogP contribution < -0.4 is 19.6 Å². The molecular formula is C27H29BrN2O4. The number of nitrogens with one attached hydrogen (secondary N) is 1. The van der Waals surface area contributed by atoms with Crippen LogP contribution in [-0.4, -0.2) is 25.8 Å². The zero-order valence-corrected chi connectivity index (χ0v) is 21.4. The number of ether oxygens (including phenoxy) is 3. The molecular weight excluding hydrogens is 496 g/mol. The van der Waals surface area contributed by atoms with E-state index in [1.807, 2.05) is 61.5 Å². The van der Waals surface area contributed by atoms with E-state index in [4.69, 9.17) is 14.2 Å². The van der Waals surface area contributed by atoms with E-state index < -0.39 is 0 Å². The third kappa shape index (κ3) is 7.09. The summed E-state index contributed by atoms with van der Waals surface area (Å²) in [6, 6.07) is 19.3. The average molecular weight is 525 g/mol. The fourth-order valence-corrected chi connectivity index (χ4v) is 3.58. The molecule has 0 saturated carbocycles. The summed E-state index contributed by atoms with van der Waals surface area (Å²) in [4.78, 5) is 12.2. The van der Waals surface area contributed by atoms with E-state index in [2.05, 4.69) is 40.3 Å². The first-order valence-corrected chi connectivity index (χ1v) is 11.8. The molecule has 34 heavy (non-hydrogen) atoms. The maximum Gasteiger partial charge on any atom is 0.277 e. The number of halogens is 1. The van der Waals surface area contributed by atoms with Crippen molar-refractivity contribution in [1.29, 1.82) is 0 Å². The van der Waals surface area contributed by atoms with E-state index in [9.17, 15) is 4.79 Å². The van der Waals surface area contributed by atoms with Gasteiger partial charge in [-0.05, 0) is 65.4 Å². The van der Waals surface area contributed by atoms with Crippen molar-refractivity contribution >= 4 is 28.1 Å². The third-order valence-corrected chi connectivity index (χ3v) is 5.95. The van der Waals surface area contributed by atoms with Crippen molar-refractivity contribution in [2.75, 3.05) is 13.7 Å². The number of hydrogen-bond acceptors (Lipinski definition) is 5. The number of benzene rings is 3. The summed E-state index contributed by atoms with van der Waals surface area (Å²) in [6.07, 6.45) is 1.55.